The van der Waals surface area contributed by atoms with Crippen molar-refractivity contribution in [1.82, 2.24) is 19.6 Å². The lowest BCUT2D eigenvalue weighted by Crippen LogP contribution is -2.51. The van der Waals surface area contributed by atoms with Crippen LogP contribution < -0.4 is 0 Å². The summed E-state index contributed by atoms with van der Waals surface area (Å²) in [5.74, 6) is -1.47. The van der Waals surface area contributed by atoms with Crippen molar-refractivity contribution in [3.63, 3.8) is 0 Å². The Balaban J connectivity index is 1.26. The van der Waals surface area contributed by atoms with Gasteiger partial charge in [-0.3, -0.25) is 24.3 Å². The summed E-state index contributed by atoms with van der Waals surface area (Å²) in [5.41, 5.74) is 1.18. The zero-order valence-electron chi connectivity index (χ0n) is 16.6. The van der Waals surface area contributed by atoms with Gasteiger partial charge in [0.25, 0.3) is 0 Å². The first-order valence-corrected chi connectivity index (χ1v) is 10.9. The van der Waals surface area contributed by atoms with Crippen LogP contribution >= 0.6 is 11.3 Å². The number of carbonyl (C=O) groups excluding carboxylic acids is 3. The van der Waals surface area contributed by atoms with E-state index in [1.54, 1.807) is 0 Å². The first-order chi connectivity index (χ1) is 14.6. The Bertz CT molecular complexity index is 921. The van der Waals surface area contributed by atoms with Gasteiger partial charge in [0, 0.05) is 37.6 Å². The van der Waals surface area contributed by atoms with Gasteiger partial charge in [-0.1, -0.05) is 48.6 Å². The van der Waals surface area contributed by atoms with Gasteiger partial charge in [-0.05, 0) is 17.0 Å². The number of benzene rings is 1. The summed E-state index contributed by atoms with van der Waals surface area (Å²) >= 11 is 1.46. The lowest BCUT2D eigenvalue weighted by atomic mass is 10.2. The molecule has 1 aromatic heterocycles. The molecule has 7 nitrogen and oxygen atoms in total. The van der Waals surface area contributed by atoms with Gasteiger partial charge >= 0.3 is 17.8 Å². The molecule has 0 spiro atoms. The molecule has 1 aromatic carbocycles. The van der Waals surface area contributed by atoms with E-state index >= 15 is 0 Å². The van der Waals surface area contributed by atoms with Gasteiger partial charge < -0.3 is 0 Å². The largest absolute Gasteiger partial charge is 0.335 e. The quantitative estimate of drug-likeness (QED) is 0.504. The summed E-state index contributed by atoms with van der Waals surface area (Å²) in [4.78, 5) is 44.6. The summed E-state index contributed by atoms with van der Waals surface area (Å²) in [5, 5.41) is 1.88. The minimum absolute atomic E-state index is 0.152. The molecule has 0 unspecified atom stereocenters. The predicted molar refractivity (Wildman–Crippen MR) is 115 cm³/mol. The SMILES string of the molecule is O=C1C(=O)N(CN2CCN(C/C=C/c3ccccc3)CC2)C(=O)N1Cc1cccs1. The molecule has 0 bridgehead atoms. The van der Waals surface area contributed by atoms with Crippen molar-refractivity contribution in [3.8, 4) is 0 Å². The van der Waals surface area contributed by atoms with E-state index in [2.05, 4.69) is 34.1 Å². The predicted octanol–water partition coefficient (Wildman–Crippen LogP) is 2.33. The van der Waals surface area contributed by atoms with Crippen LogP contribution in [0.5, 0.6) is 0 Å². The molecule has 0 aliphatic carbocycles. The molecule has 3 heterocycles. The van der Waals surface area contributed by atoms with Gasteiger partial charge in [-0.25, -0.2) is 9.69 Å². The van der Waals surface area contributed by atoms with Crippen LogP contribution in [-0.2, 0) is 16.1 Å². The summed E-state index contributed by atoms with van der Waals surface area (Å²) in [7, 11) is 0. The van der Waals surface area contributed by atoms with Gasteiger partial charge in [0.2, 0.25) is 0 Å². The maximum atomic E-state index is 12.6. The number of amides is 4. The van der Waals surface area contributed by atoms with Crippen LogP contribution in [0.1, 0.15) is 10.4 Å². The Hall–Kier alpha value is -2.81. The Morgan fingerprint density at radius 1 is 0.833 bits per heavy atom. The van der Waals surface area contributed by atoms with Crippen LogP contribution in [0.25, 0.3) is 6.08 Å². The fourth-order valence-corrected chi connectivity index (χ4v) is 4.28. The zero-order chi connectivity index (χ0) is 20.9. The van der Waals surface area contributed by atoms with Crippen molar-refractivity contribution >= 4 is 35.3 Å². The number of carbonyl (C=O) groups is 3. The van der Waals surface area contributed by atoms with E-state index in [-0.39, 0.29) is 13.2 Å². The summed E-state index contributed by atoms with van der Waals surface area (Å²) in [6.45, 7) is 4.36. The molecule has 0 saturated carbocycles. The fraction of sp³-hybridized carbons (Fsp3) is 0.318. The molecule has 2 saturated heterocycles. The zero-order valence-corrected chi connectivity index (χ0v) is 17.5. The van der Waals surface area contributed by atoms with Crippen LogP contribution in [0, 0.1) is 0 Å². The Kier molecular flexibility index (Phi) is 6.37. The van der Waals surface area contributed by atoms with Crippen LogP contribution in [0.3, 0.4) is 0 Å². The molecule has 0 radical (unpaired) electrons. The van der Waals surface area contributed by atoms with Crippen molar-refractivity contribution in [2.75, 3.05) is 39.4 Å². The van der Waals surface area contributed by atoms with Crippen LogP contribution in [0.2, 0.25) is 0 Å². The number of piperazine rings is 1. The smallest absolute Gasteiger partial charge is 0.297 e. The molecule has 4 rings (SSSR count). The highest BCUT2D eigenvalue weighted by atomic mass is 32.1. The maximum Gasteiger partial charge on any atom is 0.335 e. The Morgan fingerprint density at radius 3 is 2.23 bits per heavy atom. The third-order valence-corrected chi connectivity index (χ3v) is 6.17. The molecule has 30 heavy (non-hydrogen) atoms. The number of thiophene rings is 1. The van der Waals surface area contributed by atoms with Gasteiger partial charge in [-0.15, -0.1) is 11.3 Å². The van der Waals surface area contributed by atoms with Crippen molar-refractivity contribution in [2.24, 2.45) is 0 Å². The average molecular weight is 425 g/mol. The van der Waals surface area contributed by atoms with Crippen LogP contribution in [0.15, 0.2) is 53.9 Å². The molecule has 0 N–H and O–H groups in total. The number of hydrogen-bond acceptors (Lipinski definition) is 6. The summed E-state index contributed by atoms with van der Waals surface area (Å²) < 4.78 is 0. The third kappa shape index (κ3) is 4.67. The van der Waals surface area contributed by atoms with Gasteiger partial charge in [0.1, 0.15) is 0 Å². The molecule has 4 amide bonds. The van der Waals surface area contributed by atoms with E-state index < -0.39 is 17.8 Å². The molecule has 2 aliphatic rings. The Morgan fingerprint density at radius 2 is 1.53 bits per heavy atom. The molecule has 2 fully saturated rings. The second kappa shape index (κ2) is 9.34. The van der Waals surface area contributed by atoms with E-state index in [0.717, 1.165) is 47.4 Å². The highest BCUT2D eigenvalue weighted by molar-refractivity contribution is 7.09. The Labute approximate surface area is 179 Å². The highest BCUT2D eigenvalue weighted by Crippen LogP contribution is 2.19. The average Bonchev–Trinajstić information content (AvgIpc) is 3.35. The molecule has 2 aliphatic heterocycles. The van der Waals surface area contributed by atoms with Gasteiger partial charge in [0.05, 0.1) is 13.2 Å². The van der Waals surface area contributed by atoms with E-state index in [0.29, 0.717) is 0 Å². The molecule has 0 atom stereocenters. The second-order valence-corrected chi connectivity index (χ2v) is 8.39. The van der Waals surface area contributed by atoms with E-state index in [9.17, 15) is 14.4 Å². The molecule has 8 heteroatoms. The standard InChI is InChI=1S/C22H24N4O3S/c27-20-21(28)26(22(29)25(20)16-19-9-5-15-30-19)17-24-13-11-23(12-14-24)10-4-8-18-6-2-1-3-7-18/h1-9,15H,10-14,16-17H2/b8-4+. The topological polar surface area (TPSA) is 64.2 Å². The lowest BCUT2D eigenvalue weighted by molar-refractivity contribution is -0.144. The number of urea groups is 1. The van der Waals surface area contributed by atoms with Crippen LogP contribution in [-0.4, -0.2) is 76.8 Å². The minimum atomic E-state index is -0.738. The number of hydrogen-bond donors (Lipinski definition) is 0. The third-order valence-electron chi connectivity index (χ3n) is 5.31. The van der Waals surface area contributed by atoms with Gasteiger partial charge in [-0.2, -0.15) is 0 Å². The molecular formula is C22H24N4O3S. The van der Waals surface area contributed by atoms with Crippen molar-refractivity contribution in [3.05, 3.63) is 64.4 Å². The molecule has 2 aromatic rings. The number of rotatable bonds is 7. The maximum absolute atomic E-state index is 12.6. The number of nitrogens with zero attached hydrogens (tertiary/aromatic N) is 4. The van der Waals surface area contributed by atoms with Crippen LogP contribution in [0.4, 0.5) is 4.79 Å². The van der Waals surface area contributed by atoms with E-state index in [1.807, 2.05) is 35.7 Å². The van der Waals surface area contributed by atoms with Crippen molar-refractivity contribution in [1.29, 1.82) is 0 Å². The molecule has 156 valence electrons. The normalized spacial score (nSPS) is 18.9. The van der Waals surface area contributed by atoms with Crippen molar-refractivity contribution < 1.29 is 14.4 Å². The first kappa shape index (κ1) is 20.5. The molecular weight excluding hydrogens is 400 g/mol. The van der Waals surface area contributed by atoms with Crippen molar-refractivity contribution in [2.45, 2.75) is 6.54 Å². The number of imide groups is 2. The highest BCUT2D eigenvalue weighted by Gasteiger charge is 2.45. The monoisotopic (exact) mass is 424 g/mol. The van der Waals surface area contributed by atoms with Gasteiger partial charge in [0.15, 0.2) is 0 Å². The second-order valence-electron chi connectivity index (χ2n) is 7.36. The van der Waals surface area contributed by atoms with E-state index in [4.69, 9.17) is 0 Å². The van der Waals surface area contributed by atoms with E-state index in [1.165, 1.54) is 16.9 Å². The fourth-order valence-electron chi connectivity index (χ4n) is 3.59. The summed E-state index contributed by atoms with van der Waals surface area (Å²) in [6, 6.07) is 13.4. The first-order valence-electron chi connectivity index (χ1n) is 9.98. The minimum Gasteiger partial charge on any atom is -0.297 e. The summed E-state index contributed by atoms with van der Waals surface area (Å²) in [6.07, 6.45) is 4.27. The lowest BCUT2D eigenvalue weighted by Gasteiger charge is -2.35.